The molecule has 2 heterocycles. The van der Waals surface area contributed by atoms with Crippen LogP contribution < -0.4 is 5.32 Å². The molecule has 0 saturated carbocycles. The van der Waals surface area contributed by atoms with Gasteiger partial charge in [0.05, 0.1) is 0 Å². The standard InChI is InChI=1S/C15H18N2O/c18-15-14(17-10-4-5-11-17)13(8-9-16-15)12-6-2-1-3-7-12/h1-3,6-7H,4-5,8-11H2,(H,16,18). The summed E-state index contributed by atoms with van der Waals surface area (Å²) in [5.74, 6) is 0.0991. The fourth-order valence-electron chi connectivity index (χ4n) is 2.84. The Balaban J connectivity index is 2.04. The largest absolute Gasteiger partial charge is 0.367 e. The van der Waals surface area contributed by atoms with Crippen molar-refractivity contribution in [2.75, 3.05) is 19.6 Å². The first-order valence-electron chi connectivity index (χ1n) is 6.68. The number of likely N-dealkylation sites (tertiary alicyclic amines) is 1. The summed E-state index contributed by atoms with van der Waals surface area (Å²) in [5.41, 5.74) is 3.31. The van der Waals surface area contributed by atoms with Crippen LogP contribution in [0.4, 0.5) is 0 Å². The van der Waals surface area contributed by atoms with E-state index in [-0.39, 0.29) is 5.91 Å². The van der Waals surface area contributed by atoms with Crippen molar-refractivity contribution in [2.45, 2.75) is 19.3 Å². The molecule has 0 bridgehead atoms. The van der Waals surface area contributed by atoms with Gasteiger partial charge < -0.3 is 10.2 Å². The molecular formula is C15H18N2O. The molecule has 94 valence electrons. The molecule has 2 aliphatic rings. The minimum absolute atomic E-state index is 0.0991. The van der Waals surface area contributed by atoms with Crippen molar-refractivity contribution in [3.8, 4) is 0 Å². The fourth-order valence-corrected chi connectivity index (χ4v) is 2.84. The number of nitrogens with zero attached hydrogens (tertiary/aromatic N) is 1. The second kappa shape index (κ2) is 4.84. The summed E-state index contributed by atoms with van der Waals surface area (Å²) >= 11 is 0. The Kier molecular flexibility index (Phi) is 3.05. The lowest BCUT2D eigenvalue weighted by Gasteiger charge is -2.28. The average Bonchev–Trinajstić information content (AvgIpc) is 2.93. The monoisotopic (exact) mass is 242 g/mol. The number of carbonyl (C=O) groups is 1. The first kappa shape index (κ1) is 11.3. The SMILES string of the molecule is O=C1NCCC(c2ccccc2)=C1N1CCCC1. The van der Waals surface area contributed by atoms with Crippen LogP contribution in [0, 0.1) is 0 Å². The van der Waals surface area contributed by atoms with E-state index in [1.165, 1.54) is 24.0 Å². The summed E-state index contributed by atoms with van der Waals surface area (Å²) in [6.07, 6.45) is 3.32. The lowest BCUT2D eigenvalue weighted by atomic mass is 9.97. The molecule has 1 saturated heterocycles. The van der Waals surface area contributed by atoms with E-state index in [1.807, 2.05) is 18.2 Å². The zero-order valence-electron chi connectivity index (χ0n) is 10.5. The second-order valence-corrected chi connectivity index (χ2v) is 4.89. The third-order valence-corrected chi connectivity index (χ3v) is 3.71. The van der Waals surface area contributed by atoms with Crippen molar-refractivity contribution in [3.63, 3.8) is 0 Å². The van der Waals surface area contributed by atoms with E-state index in [1.54, 1.807) is 0 Å². The highest BCUT2D eigenvalue weighted by Crippen LogP contribution is 2.29. The maximum Gasteiger partial charge on any atom is 0.267 e. The summed E-state index contributed by atoms with van der Waals surface area (Å²) in [6.45, 7) is 2.78. The van der Waals surface area contributed by atoms with Crippen LogP contribution in [0.3, 0.4) is 0 Å². The summed E-state index contributed by atoms with van der Waals surface area (Å²) in [5, 5.41) is 2.97. The minimum atomic E-state index is 0.0991. The Morgan fingerprint density at radius 1 is 1.06 bits per heavy atom. The molecule has 18 heavy (non-hydrogen) atoms. The number of carbonyl (C=O) groups excluding carboxylic acids is 1. The van der Waals surface area contributed by atoms with Gasteiger partial charge in [-0.2, -0.15) is 0 Å². The van der Waals surface area contributed by atoms with Gasteiger partial charge in [-0.3, -0.25) is 4.79 Å². The molecule has 0 spiro atoms. The quantitative estimate of drug-likeness (QED) is 0.860. The Hall–Kier alpha value is -1.77. The number of nitrogens with one attached hydrogen (secondary N) is 1. The van der Waals surface area contributed by atoms with Crippen molar-refractivity contribution >= 4 is 11.5 Å². The summed E-state index contributed by atoms with van der Waals surface area (Å²) in [6, 6.07) is 10.3. The number of benzene rings is 1. The number of hydrogen-bond acceptors (Lipinski definition) is 2. The van der Waals surface area contributed by atoms with Crippen LogP contribution in [0.2, 0.25) is 0 Å². The molecule has 1 fully saturated rings. The number of amides is 1. The van der Waals surface area contributed by atoms with E-state index in [0.717, 1.165) is 31.8 Å². The third-order valence-electron chi connectivity index (χ3n) is 3.71. The van der Waals surface area contributed by atoms with E-state index < -0.39 is 0 Å². The Morgan fingerprint density at radius 2 is 1.78 bits per heavy atom. The van der Waals surface area contributed by atoms with E-state index in [9.17, 15) is 4.79 Å². The molecule has 1 amide bonds. The van der Waals surface area contributed by atoms with E-state index in [2.05, 4.69) is 22.3 Å². The van der Waals surface area contributed by atoms with Crippen LogP contribution >= 0.6 is 0 Å². The first-order chi connectivity index (χ1) is 8.86. The lowest BCUT2D eigenvalue weighted by Crippen LogP contribution is -2.38. The van der Waals surface area contributed by atoms with Crippen LogP contribution in [0.5, 0.6) is 0 Å². The molecule has 0 aromatic heterocycles. The normalized spacial score (nSPS) is 20.2. The lowest BCUT2D eigenvalue weighted by molar-refractivity contribution is -0.119. The summed E-state index contributed by atoms with van der Waals surface area (Å²) in [7, 11) is 0. The van der Waals surface area contributed by atoms with E-state index in [4.69, 9.17) is 0 Å². The topological polar surface area (TPSA) is 32.3 Å². The van der Waals surface area contributed by atoms with E-state index >= 15 is 0 Å². The highest BCUT2D eigenvalue weighted by atomic mass is 16.2. The predicted molar refractivity (Wildman–Crippen MR) is 71.8 cm³/mol. The van der Waals surface area contributed by atoms with Crippen molar-refractivity contribution in [1.82, 2.24) is 10.2 Å². The molecule has 3 rings (SSSR count). The maximum absolute atomic E-state index is 12.2. The molecule has 0 radical (unpaired) electrons. The van der Waals surface area contributed by atoms with Crippen LogP contribution in [0.15, 0.2) is 36.0 Å². The van der Waals surface area contributed by atoms with Gasteiger partial charge >= 0.3 is 0 Å². The molecule has 1 N–H and O–H groups in total. The summed E-state index contributed by atoms with van der Waals surface area (Å²) in [4.78, 5) is 14.4. The van der Waals surface area contributed by atoms with Gasteiger partial charge in [0.2, 0.25) is 0 Å². The predicted octanol–water partition coefficient (Wildman–Crippen LogP) is 2.01. The minimum Gasteiger partial charge on any atom is -0.367 e. The number of rotatable bonds is 2. The van der Waals surface area contributed by atoms with Gasteiger partial charge in [0, 0.05) is 19.6 Å². The van der Waals surface area contributed by atoms with Crippen LogP contribution in [-0.4, -0.2) is 30.4 Å². The molecule has 0 aliphatic carbocycles. The average molecular weight is 242 g/mol. The van der Waals surface area contributed by atoms with Gasteiger partial charge in [-0.1, -0.05) is 30.3 Å². The summed E-state index contributed by atoms with van der Waals surface area (Å²) < 4.78 is 0. The molecule has 1 aromatic carbocycles. The van der Waals surface area contributed by atoms with Gasteiger partial charge in [0.25, 0.3) is 5.91 Å². The molecule has 3 heteroatoms. The smallest absolute Gasteiger partial charge is 0.267 e. The van der Waals surface area contributed by atoms with Gasteiger partial charge in [-0.15, -0.1) is 0 Å². The molecule has 3 nitrogen and oxygen atoms in total. The van der Waals surface area contributed by atoms with Gasteiger partial charge in [0.1, 0.15) is 5.70 Å². The maximum atomic E-state index is 12.2. The molecular weight excluding hydrogens is 224 g/mol. The highest BCUT2D eigenvalue weighted by Gasteiger charge is 2.27. The van der Waals surface area contributed by atoms with Crippen LogP contribution in [-0.2, 0) is 4.79 Å². The van der Waals surface area contributed by atoms with Crippen molar-refractivity contribution in [3.05, 3.63) is 41.6 Å². The highest BCUT2D eigenvalue weighted by molar-refractivity contribution is 6.02. The zero-order valence-corrected chi connectivity index (χ0v) is 10.5. The fraction of sp³-hybridized carbons (Fsp3) is 0.400. The van der Waals surface area contributed by atoms with Gasteiger partial charge in [0.15, 0.2) is 0 Å². The molecule has 1 aromatic rings. The molecule has 0 unspecified atom stereocenters. The van der Waals surface area contributed by atoms with Crippen LogP contribution in [0.1, 0.15) is 24.8 Å². The molecule has 0 atom stereocenters. The Morgan fingerprint density at radius 3 is 2.50 bits per heavy atom. The molecule has 2 aliphatic heterocycles. The van der Waals surface area contributed by atoms with Crippen molar-refractivity contribution in [1.29, 1.82) is 0 Å². The van der Waals surface area contributed by atoms with E-state index in [0.29, 0.717) is 0 Å². The van der Waals surface area contributed by atoms with Crippen molar-refractivity contribution in [2.24, 2.45) is 0 Å². The van der Waals surface area contributed by atoms with Crippen LogP contribution in [0.25, 0.3) is 5.57 Å². The Bertz CT molecular complexity index is 473. The number of hydrogen-bond donors (Lipinski definition) is 1. The Labute approximate surface area is 107 Å². The first-order valence-corrected chi connectivity index (χ1v) is 6.68. The third kappa shape index (κ3) is 2.01. The second-order valence-electron chi connectivity index (χ2n) is 4.89. The van der Waals surface area contributed by atoms with Gasteiger partial charge in [-0.25, -0.2) is 0 Å². The zero-order chi connectivity index (χ0) is 12.4. The van der Waals surface area contributed by atoms with Gasteiger partial charge in [-0.05, 0) is 30.4 Å². The van der Waals surface area contributed by atoms with Crippen molar-refractivity contribution < 1.29 is 4.79 Å².